The van der Waals surface area contributed by atoms with Gasteiger partial charge >= 0.3 is 5.97 Å². The first kappa shape index (κ1) is 16.9. The molecule has 1 atom stereocenters. The maximum atomic E-state index is 12.0. The maximum Gasteiger partial charge on any atom is 0.331 e. The standard InChI is InChI=1S/C14H15N3O5S2/c18-10(16-14(12(20)21)1-3-22-8-14)7-23-6-9-5-11(19)17-2-4-24-13(17)15-9/h2,4-5H,1,3,6-8H2,(H,16,18)(H,20,21). The number of thioether (sulfide) groups is 1. The van der Waals surface area contributed by atoms with E-state index < -0.39 is 11.5 Å². The van der Waals surface area contributed by atoms with E-state index in [1.807, 2.05) is 0 Å². The Kier molecular flexibility index (Phi) is 4.88. The number of carbonyl (C=O) groups is 2. The number of fused-ring (bicyclic) bond motifs is 1. The van der Waals surface area contributed by atoms with Crippen molar-refractivity contribution in [2.75, 3.05) is 19.0 Å². The van der Waals surface area contributed by atoms with Gasteiger partial charge in [-0.3, -0.25) is 14.0 Å². The summed E-state index contributed by atoms with van der Waals surface area (Å²) in [4.78, 5) is 40.2. The van der Waals surface area contributed by atoms with Crippen LogP contribution in [0.2, 0.25) is 0 Å². The van der Waals surface area contributed by atoms with Crippen molar-refractivity contribution in [2.24, 2.45) is 0 Å². The van der Waals surface area contributed by atoms with Gasteiger partial charge in [0.25, 0.3) is 5.56 Å². The molecule has 0 aliphatic carbocycles. The summed E-state index contributed by atoms with van der Waals surface area (Å²) in [5.41, 5.74) is -0.892. The van der Waals surface area contributed by atoms with E-state index in [-0.39, 0.29) is 30.2 Å². The van der Waals surface area contributed by atoms with Crippen LogP contribution < -0.4 is 10.9 Å². The van der Waals surface area contributed by atoms with Crippen molar-refractivity contribution in [3.63, 3.8) is 0 Å². The third kappa shape index (κ3) is 3.45. The lowest BCUT2D eigenvalue weighted by molar-refractivity contribution is -0.147. The van der Waals surface area contributed by atoms with Crippen LogP contribution >= 0.6 is 23.1 Å². The second-order valence-corrected chi connectivity index (χ2v) is 7.23. The van der Waals surface area contributed by atoms with Crippen LogP contribution in [0.3, 0.4) is 0 Å². The molecule has 10 heteroatoms. The Labute approximate surface area is 144 Å². The average molecular weight is 369 g/mol. The van der Waals surface area contributed by atoms with Crippen molar-refractivity contribution in [3.05, 3.63) is 33.7 Å². The molecule has 1 saturated heterocycles. The van der Waals surface area contributed by atoms with Crippen molar-refractivity contribution in [1.29, 1.82) is 0 Å². The second kappa shape index (κ2) is 6.91. The lowest BCUT2D eigenvalue weighted by atomic mass is 9.99. The summed E-state index contributed by atoms with van der Waals surface area (Å²) >= 11 is 2.64. The van der Waals surface area contributed by atoms with Gasteiger partial charge in [0.15, 0.2) is 10.5 Å². The first-order valence-electron chi connectivity index (χ1n) is 7.16. The molecule has 1 aliphatic rings. The molecule has 0 bridgehead atoms. The van der Waals surface area contributed by atoms with Gasteiger partial charge in [-0.1, -0.05) is 0 Å². The molecule has 0 aromatic carbocycles. The van der Waals surface area contributed by atoms with E-state index in [0.717, 1.165) is 0 Å². The highest BCUT2D eigenvalue weighted by molar-refractivity contribution is 7.99. The molecule has 3 rings (SSSR count). The molecule has 0 radical (unpaired) electrons. The second-order valence-electron chi connectivity index (χ2n) is 5.37. The Balaban J connectivity index is 1.56. The Bertz CT molecular complexity index is 825. The topological polar surface area (TPSA) is 110 Å². The van der Waals surface area contributed by atoms with Crippen LogP contribution in [0, 0.1) is 0 Å². The van der Waals surface area contributed by atoms with Crippen LogP contribution in [0.15, 0.2) is 22.4 Å². The highest BCUT2D eigenvalue weighted by Crippen LogP contribution is 2.19. The SMILES string of the molecule is O=C(CSCc1cc(=O)n2ccsc2n1)NC1(C(=O)O)CCOC1. The molecule has 8 nitrogen and oxygen atoms in total. The predicted octanol–water partition coefficient (Wildman–Crippen LogP) is 0.349. The fraction of sp³-hybridized carbons (Fsp3) is 0.429. The molecular formula is C14H15N3O5S2. The minimum atomic E-state index is -1.33. The summed E-state index contributed by atoms with van der Waals surface area (Å²) in [6.45, 7) is 0.292. The molecule has 0 saturated carbocycles. The van der Waals surface area contributed by atoms with E-state index in [1.165, 1.54) is 33.6 Å². The lowest BCUT2D eigenvalue weighted by Gasteiger charge is -2.23. The van der Waals surface area contributed by atoms with Gasteiger partial charge in [-0.15, -0.1) is 23.1 Å². The van der Waals surface area contributed by atoms with Gasteiger partial charge in [0.1, 0.15) is 0 Å². The number of aromatic nitrogens is 2. The van der Waals surface area contributed by atoms with E-state index in [0.29, 0.717) is 23.0 Å². The van der Waals surface area contributed by atoms with Gasteiger partial charge in [-0.05, 0) is 0 Å². The van der Waals surface area contributed by atoms with E-state index in [4.69, 9.17) is 4.74 Å². The number of rotatable bonds is 6. The van der Waals surface area contributed by atoms with Gasteiger partial charge in [-0.25, -0.2) is 9.78 Å². The molecule has 1 fully saturated rings. The Morgan fingerprint density at radius 3 is 3.08 bits per heavy atom. The largest absolute Gasteiger partial charge is 0.479 e. The third-order valence-electron chi connectivity index (χ3n) is 3.65. The molecule has 1 amide bonds. The summed E-state index contributed by atoms with van der Waals surface area (Å²) in [5, 5.41) is 13.6. The summed E-state index contributed by atoms with van der Waals surface area (Å²) < 4.78 is 6.56. The van der Waals surface area contributed by atoms with Crippen LogP contribution in [-0.2, 0) is 20.1 Å². The molecule has 128 valence electrons. The molecule has 24 heavy (non-hydrogen) atoms. The number of thiazole rings is 1. The van der Waals surface area contributed by atoms with Crippen LogP contribution in [0.4, 0.5) is 0 Å². The summed E-state index contributed by atoms with van der Waals surface area (Å²) in [5.74, 6) is -0.980. The van der Waals surface area contributed by atoms with Gasteiger partial charge in [0, 0.05) is 36.4 Å². The van der Waals surface area contributed by atoms with Crippen molar-refractivity contribution in [1.82, 2.24) is 14.7 Å². The van der Waals surface area contributed by atoms with Gasteiger partial charge < -0.3 is 15.2 Å². The Morgan fingerprint density at radius 2 is 2.38 bits per heavy atom. The number of carboxylic acid groups (broad SMARTS) is 1. The number of carbonyl (C=O) groups excluding carboxylic acids is 1. The molecule has 1 aliphatic heterocycles. The number of carboxylic acids is 1. The van der Waals surface area contributed by atoms with Crippen LogP contribution in [-0.4, -0.2) is 50.9 Å². The molecule has 3 heterocycles. The molecule has 1 unspecified atom stereocenters. The number of amides is 1. The number of aliphatic carboxylic acids is 1. The summed E-state index contributed by atoms with van der Waals surface area (Å²) in [6.07, 6.45) is 1.92. The minimum Gasteiger partial charge on any atom is -0.479 e. The molecule has 0 spiro atoms. The number of nitrogens with one attached hydrogen (secondary N) is 1. The van der Waals surface area contributed by atoms with Gasteiger partial charge in [-0.2, -0.15) is 0 Å². The zero-order valence-electron chi connectivity index (χ0n) is 12.6. The lowest BCUT2D eigenvalue weighted by Crippen LogP contribution is -2.55. The summed E-state index contributed by atoms with van der Waals surface area (Å²) in [6, 6.07) is 1.44. The van der Waals surface area contributed by atoms with Crippen LogP contribution in [0.1, 0.15) is 12.1 Å². The van der Waals surface area contributed by atoms with Gasteiger partial charge in [0.05, 0.1) is 18.1 Å². The predicted molar refractivity (Wildman–Crippen MR) is 89.4 cm³/mol. The first-order chi connectivity index (χ1) is 11.5. The van der Waals surface area contributed by atoms with Crippen LogP contribution in [0.25, 0.3) is 4.96 Å². The molecule has 2 N–H and O–H groups in total. The Hall–Kier alpha value is -1.91. The zero-order chi connectivity index (χ0) is 17.2. The highest BCUT2D eigenvalue weighted by Gasteiger charge is 2.43. The molecule has 2 aromatic rings. The molecular weight excluding hydrogens is 354 g/mol. The zero-order valence-corrected chi connectivity index (χ0v) is 14.2. The van der Waals surface area contributed by atoms with Crippen molar-refractivity contribution >= 4 is 39.9 Å². The van der Waals surface area contributed by atoms with Crippen molar-refractivity contribution in [3.8, 4) is 0 Å². The fourth-order valence-electron chi connectivity index (χ4n) is 2.40. The monoisotopic (exact) mass is 369 g/mol. The van der Waals surface area contributed by atoms with Crippen molar-refractivity contribution in [2.45, 2.75) is 17.7 Å². The van der Waals surface area contributed by atoms with E-state index >= 15 is 0 Å². The number of hydrogen-bond donors (Lipinski definition) is 2. The Morgan fingerprint density at radius 1 is 1.54 bits per heavy atom. The van der Waals surface area contributed by atoms with E-state index in [2.05, 4.69) is 10.3 Å². The number of ether oxygens (including phenoxy) is 1. The smallest absolute Gasteiger partial charge is 0.331 e. The first-order valence-corrected chi connectivity index (χ1v) is 9.19. The minimum absolute atomic E-state index is 0.0217. The maximum absolute atomic E-state index is 12.0. The highest BCUT2D eigenvalue weighted by atomic mass is 32.2. The van der Waals surface area contributed by atoms with Gasteiger partial charge in [0.2, 0.25) is 5.91 Å². The average Bonchev–Trinajstić information content (AvgIpc) is 3.17. The van der Waals surface area contributed by atoms with Crippen LogP contribution in [0.5, 0.6) is 0 Å². The normalized spacial score (nSPS) is 20.3. The van der Waals surface area contributed by atoms with Crippen molar-refractivity contribution < 1.29 is 19.4 Å². The third-order valence-corrected chi connectivity index (χ3v) is 5.37. The molecule has 2 aromatic heterocycles. The fourth-order valence-corrected chi connectivity index (χ4v) is 3.85. The number of hydrogen-bond acceptors (Lipinski definition) is 7. The number of nitrogens with zero attached hydrogens (tertiary/aromatic N) is 2. The van der Waals surface area contributed by atoms with E-state index in [9.17, 15) is 19.5 Å². The quantitative estimate of drug-likeness (QED) is 0.756. The van der Waals surface area contributed by atoms with E-state index in [1.54, 1.807) is 11.6 Å². The summed E-state index contributed by atoms with van der Waals surface area (Å²) in [7, 11) is 0.